The minimum absolute atomic E-state index is 0.425. The van der Waals surface area contributed by atoms with Crippen molar-refractivity contribution >= 4 is 0 Å². The largest absolute Gasteiger partial charge is 0.487 e. The molecule has 0 fully saturated rings. The Kier molecular flexibility index (Phi) is 19.9. The fourth-order valence-corrected chi connectivity index (χ4v) is 2.86. The van der Waals surface area contributed by atoms with Crippen LogP contribution < -0.4 is 18.9 Å². The highest BCUT2D eigenvalue weighted by Gasteiger charge is 2.06. The number of hydrogen-bond donors (Lipinski definition) is 0. The molecule has 1 heterocycles. The summed E-state index contributed by atoms with van der Waals surface area (Å²) < 4.78 is 45.3. The lowest BCUT2D eigenvalue weighted by atomic mass is 10.3. The molecule has 2 aromatic carbocycles. The predicted octanol–water partition coefficient (Wildman–Crippen LogP) is 2.77. The van der Waals surface area contributed by atoms with Crippen molar-refractivity contribution < 1.29 is 47.7 Å². The van der Waals surface area contributed by atoms with Crippen LogP contribution in [0, 0.1) is 20.2 Å². The molecule has 0 spiro atoms. The average molecular weight is 571 g/mol. The second kappa shape index (κ2) is 23.2. The van der Waals surface area contributed by atoms with Gasteiger partial charge >= 0.3 is 0 Å². The van der Waals surface area contributed by atoms with E-state index in [1.165, 1.54) is 0 Å². The molecule has 0 atom stereocenters. The number of benzene rings is 2. The molecule has 1 aliphatic rings. The number of rotatable bonds is 0. The van der Waals surface area contributed by atoms with Gasteiger partial charge in [0.1, 0.15) is 26.4 Å². The molecule has 14 heteroatoms. The van der Waals surface area contributed by atoms with Gasteiger partial charge in [0.15, 0.2) is 37.1 Å². The Morgan fingerprint density at radius 1 is 0.450 bits per heavy atom. The monoisotopic (exact) mass is 570 g/mol. The number of para-hydroxylation sites is 4. The maximum atomic E-state index is 8.81. The van der Waals surface area contributed by atoms with Gasteiger partial charge in [-0.1, -0.05) is 24.3 Å². The smallest absolute Gasteiger partial charge is 0.194 e. The quantitative estimate of drug-likeness (QED) is 0.337. The first-order valence-electron chi connectivity index (χ1n) is 12.6. The molecule has 0 N–H and O–H groups in total. The zero-order chi connectivity index (χ0) is 29.3. The SMILES string of the molecule is C[N+](=O)[O-].C[N+](=O)[O-].c1ccc2c(c1)OCCOCCOCCOc1ccccc1OCCOCCOCCO2. The molecule has 1 aliphatic heterocycles. The molecular weight excluding hydrogens is 532 g/mol. The van der Waals surface area contributed by atoms with Crippen LogP contribution in [0.25, 0.3) is 0 Å². The lowest BCUT2D eigenvalue weighted by Crippen LogP contribution is -2.15. The van der Waals surface area contributed by atoms with E-state index in [0.29, 0.717) is 102 Å². The van der Waals surface area contributed by atoms with Gasteiger partial charge in [0.05, 0.1) is 52.9 Å². The minimum Gasteiger partial charge on any atom is -0.487 e. The van der Waals surface area contributed by atoms with Crippen LogP contribution in [0.5, 0.6) is 23.0 Å². The number of fused-ring (bicyclic) bond motifs is 2. The van der Waals surface area contributed by atoms with Crippen molar-refractivity contribution in [1.29, 1.82) is 0 Å². The van der Waals surface area contributed by atoms with Crippen LogP contribution in [-0.2, 0) is 18.9 Å². The normalized spacial score (nSPS) is 15.8. The summed E-state index contributed by atoms with van der Waals surface area (Å²) in [6.45, 7) is 5.48. The molecule has 0 radical (unpaired) electrons. The molecule has 0 amide bonds. The number of nitrogens with zero attached hydrogens (tertiary/aromatic N) is 2. The van der Waals surface area contributed by atoms with Crippen LogP contribution in [0.1, 0.15) is 0 Å². The van der Waals surface area contributed by atoms with E-state index >= 15 is 0 Å². The summed E-state index contributed by atoms with van der Waals surface area (Å²) in [5.74, 6) is 2.73. The summed E-state index contributed by atoms with van der Waals surface area (Å²) in [7, 11) is 1.78. The lowest BCUT2D eigenvalue weighted by Gasteiger charge is -2.14. The van der Waals surface area contributed by atoms with Crippen molar-refractivity contribution in [2.75, 3.05) is 93.4 Å². The van der Waals surface area contributed by atoms with Crippen LogP contribution in [0.2, 0.25) is 0 Å². The summed E-state index contributed by atoms with van der Waals surface area (Å²) in [5, 5.41) is 17.6. The van der Waals surface area contributed by atoms with Crippen molar-refractivity contribution in [3.63, 3.8) is 0 Å². The van der Waals surface area contributed by atoms with Crippen molar-refractivity contribution in [2.24, 2.45) is 0 Å². The summed E-state index contributed by atoms with van der Waals surface area (Å²) in [5.41, 5.74) is 0. The first-order valence-corrected chi connectivity index (χ1v) is 12.6. The van der Waals surface area contributed by atoms with Crippen LogP contribution >= 0.6 is 0 Å². The van der Waals surface area contributed by atoms with E-state index in [0.717, 1.165) is 14.1 Å². The zero-order valence-corrected chi connectivity index (χ0v) is 22.9. The highest BCUT2D eigenvalue weighted by atomic mass is 16.6. The summed E-state index contributed by atoms with van der Waals surface area (Å²) in [6, 6.07) is 15.1. The molecule has 0 unspecified atom stereocenters. The van der Waals surface area contributed by atoms with Crippen molar-refractivity contribution in [3.8, 4) is 23.0 Å². The third-order valence-electron chi connectivity index (χ3n) is 4.38. The molecule has 40 heavy (non-hydrogen) atoms. The molecule has 2 aromatic rings. The van der Waals surface area contributed by atoms with Crippen molar-refractivity contribution in [3.05, 3.63) is 68.8 Å². The van der Waals surface area contributed by atoms with Gasteiger partial charge in [0.25, 0.3) is 0 Å². The molecule has 0 bridgehead atoms. The Hall–Kier alpha value is -3.72. The predicted molar refractivity (Wildman–Crippen MR) is 144 cm³/mol. The van der Waals surface area contributed by atoms with Crippen LogP contribution in [0.15, 0.2) is 48.5 Å². The maximum absolute atomic E-state index is 8.81. The van der Waals surface area contributed by atoms with Gasteiger partial charge in [-0.2, -0.15) is 0 Å². The van der Waals surface area contributed by atoms with E-state index in [9.17, 15) is 0 Å². The summed E-state index contributed by atoms with van der Waals surface area (Å²) in [6.07, 6.45) is 0. The molecule has 0 aliphatic carbocycles. The van der Waals surface area contributed by atoms with E-state index in [1.807, 2.05) is 48.5 Å². The Bertz CT molecular complexity index is 802. The Balaban J connectivity index is 0.000000883. The zero-order valence-electron chi connectivity index (χ0n) is 22.9. The van der Waals surface area contributed by atoms with E-state index in [4.69, 9.17) is 58.1 Å². The van der Waals surface area contributed by atoms with Gasteiger partial charge in [-0.25, -0.2) is 0 Å². The summed E-state index contributed by atoms with van der Waals surface area (Å²) >= 11 is 0. The molecule has 3 rings (SSSR count). The molecule has 0 saturated heterocycles. The van der Waals surface area contributed by atoms with Gasteiger partial charge < -0.3 is 37.9 Å². The van der Waals surface area contributed by atoms with Gasteiger partial charge in [0.2, 0.25) is 0 Å². The lowest BCUT2D eigenvalue weighted by molar-refractivity contribution is -0.445. The Morgan fingerprint density at radius 2 is 0.625 bits per heavy atom. The van der Waals surface area contributed by atoms with E-state index in [-0.39, 0.29) is 0 Å². The third-order valence-corrected chi connectivity index (χ3v) is 4.38. The second-order valence-corrected chi connectivity index (χ2v) is 7.62. The highest BCUT2D eigenvalue weighted by Crippen LogP contribution is 2.27. The van der Waals surface area contributed by atoms with Crippen molar-refractivity contribution in [1.82, 2.24) is 0 Å². The fourth-order valence-electron chi connectivity index (χ4n) is 2.86. The second-order valence-electron chi connectivity index (χ2n) is 7.62. The van der Waals surface area contributed by atoms with Crippen molar-refractivity contribution in [2.45, 2.75) is 0 Å². The molecular formula is C26H38N2O12. The Morgan fingerprint density at radius 3 is 0.825 bits per heavy atom. The van der Waals surface area contributed by atoms with Gasteiger partial charge in [-0.3, -0.25) is 20.2 Å². The Labute approximate surface area is 233 Å². The van der Waals surface area contributed by atoms with Gasteiger partial charge in [-0.15, -0.1) is 0 Å². The summed E-state index contributed by atoms with van der Waals surface area (Å²) in [4.78, 5) is 16.6. The van der Waals surface area contributed by atoms with Gasteiger partial charge in [0, 0.05) is 9.85 Å². The molecule has 224 valence electrons. The van der Waals surface area contributed by atoms with Crippen LogP contribution in [-0.4, -0.2) is 103 Å². The molecule has 14 nitrogen and oxygen atoms in total. The minimum atomic E-state index is -0.500. The maximum Gasteiger partial charge on any atom is 0.194 e. The number of nitro groups is 2. The first-order chi connectivity index (χ1) is 19.4. The number of hydrogen-bond acceptors (Lipinski definition) is 12. The third kappa shape index (κ3) is 19.4. The van der Waals surface area contributed by atoms with Crippen LogP contribution in [0.3, 0.4) is 0 Å². The molecule has 0 saturated carbocycles. The van der Waals surface area contributed by atoms with E-state index < -0.39 is 9.85 Å². The van der Waals surface area contributed by atoms with E-state index in [1.54, 1.807) is 0 Å². The highest BCUT2D eigenvalue weighted by molar-refractivity contribution is 5.40. The fraction of sp³-hybridized carbons (Fsp3) is 0.538. The number of ether oxygens (including phenoxy) is 8. The average Bonchev–Trinajstić information content (AvgIpc) is 2.91. The first kappa shape index (κ1) is 34.3. The topological polar surface area (TPSA) is 160 Å². The van der Waals surface area contributed by atoms with Gasteiger partial charge in [-0.05, 0) is 24.3 Å². The van der Waals surface area contributed by atoms with Crippen LogP contribution in [0.4, 0.5) is 0 Å². The van der Waals surface area contributed by atoms with E-state index in [2.05, 4.69) is 0 Å². The molecule has 0 aromatic heterocycles. The standard InChI is InChI=1S/C24H32O8.2CH3NO2/c1-2-6-22-21(5-1)29-17-13-25-9-10-27-15-19-31-23-7-3-4-8-24(23)32-20-16-28-12-11-26-14-18-30-22;2*1-2(3)4/h1-8H,9-20H2;2*1H3.